The van der Waals surface area contributed by atoms with Crippen LogP contribution >= 0.6 is 11.6 Å². The van der Waals surface area contributed by atoms with Gasteiger partial charge in [0.2, 0.25) is 0 Å². The van der Waals surface area contributed by atoms with E-state index in [1.807, 2.05) is 53.1 Å². The minimum Gasteiger partial charge on any atom is -0.335 e. The number of likely N-dealkylation sites (tertiary alicyclic amines) is 1. The number of imidazole rings is 2. The number of halogens is 3. The molecule has 0 saturated carbocycles. The number of fused-ring (bicyclic) bond motifs is 1. The van der Waals surface area contributed by atoms with E-state index in [2.05, 4.69) is 9.97 Å². The predicted octanol–water partition coefficient (Wildman–Crippen LogP) is 3.86. The van der Waals surface area contributed by atoms with Gasteiger partial charge in [0.15, 0.2) is 11.6 Å². The number of aromatic nitrogens is 4. The largest absolute Gasteiger partial charge is 0.335 e. The molecule has 0 bridgehead atoms. The highest BCUT2D eigenvalue weighted by atomic mass is 35.5. The summed E-state index contributed by atoms with van der Waals surface area (Å²) in [4.78, 5) is 13.9. The Bertz CT molecular complexity index is 1170. The summed E-state index contributed by atoms with van der Waals surface area (Å²) in [6.07, 6.45) is 3.60. The van der Waals surface area contributed by atoms with Crippen LogP contribution in [0.3, 0.4) is 0 Å². The van der Waals surface area contributed by atoms with E-state index in [1.54, 1.807) is 6.20 Å². The number of aromatic amines is 1. The van der Waals surface area contributed by atoms with E-state index >= 15 is 0 Å². The van der Waals surface area contributed by atoms with Crippen LogP contribution in [-0.4, -0.2) is 38.4 Å². The van der Waals surface area contributed by atoms with Crippen LogP contribution in [0.1, 0.15) is 18.5 Å². The van der Waals surface area contributed by atoms with Crippen LogP contribution in [0.5, 0.6) is 0 Å². The number of quaternary nitrogens is 1. The van der Waals surface area contributed by atoms with E-state index < -0.39 is 5.92 Å². The van der Waals surface area contributed by atoms with Gasteiger partial charge in [-0.1, -0.05) is 29.8 Å². The zero-order valence-electron chi connectivity index (χ0n) is 16.2. The van der Waals surface area contributed by atoms with Gasteiger partial charge < -0.3 is 9.88 Å². The summed E-state index contributed by atoms with van der Waals surface area (Å²) >= 11 is 5.98. The summed E-state index contributed by atoms with van der Waals surface area (Å²) in [6.45, 7) is 1.53. The van der Waals surface area contributed by atoms with Gasteiger partial charge in [0, 0.05) is 11.2 Å². The third-order valence-electron chi connectivity index (χ3n) is 5.67. The molecule has 2 N–H and O–H groups in total. The number of alkyl halides is 2. The molecule has 1 saturated heterocycles. The van der Waals surface area contributed by atoms with E-state index in [4.69, 9.17) is 16.6 Å². The van der Waals surface area contributed by atoms with Gasteiger partial charge in [-0.05, 0) is 29.8 Å². The van der Waals surface area contributed by atoms with Gasteiger partial charge in [-0.15, -0.1) is 0 Å². The van der Waals surface area contributed by atoms with Crippen LogP contribution in [0.15, 0.2) is 54.9 Å². The van der Waals surface area contributed by atoms with Crippen LogP contribution in [0, 0.1) is 0 Å². The number of nitrogens with one attached hydrogen (secondary N) is 2. The molecule has 154 valence electrons. The SMILES string of the molecule is FC1(F)CC[NH+](Cc2nc(-c3ncc(-c4ccc(Cl)cc4)[nH]3)n3ccccc23)CC1. The minimum atomic E-state index is -2.53. The van der Waals surface area contributed by atoms with E-state index in [1.165, 1.54) is 0 Å². The first kappa shape index (κ1) is 19.2. The lowest BCUT2D eigenvalue weighted by molar-refractivity contribution is -0.921. The number of rotatable bonds is 4. The average Bonchev–Trinajstić information content (AvgIpc) is 3.36. The Kier molecular flexibility index (Phi) is 4.79. The Labute approximate surface area is 177 Å². The predicted molar refractivity (Wildman–Crippen MR) is 112 cm³/mol. The highest BCUT2D eigenvalue weighted by Gasteiger charge is 2.36. The Morgan fingerprint density at radius 3 is 2.63 bits per heavy atom. The lowest BCUT2D eigenvalue weighted by Gasteiger charge is -2.28. The Hall–Kier alpha value is -2.77. The first-order valence-electron chi connectivity index (χ1n) is 9.97. The molecule has 5 rings (SSSR count). The Morgan fingerprint density at radius 1 is 1.10 bits per heavy atom. The molecule has 1 aliphatic rings. The second-order valence-corrected chi connectivity index (χ2v) is 8.21. The van der Waals surface area contributed by atoms with Crippen LogP contribution in [0.4, 0.5) is 8.78 Å². The molecular weight excluding hydrogens is 408 g/mol. The van der Waals surface area contributed by atoms with Gasteiger partial charge in [0.1, 0.15) is 12.2 Å². The summed E-state index contributed by atoms with van der Waals surface area (Å²) in [5.74, 6) is -1.16. The third kappa shape index (κ3) is 3.70. The summed E-state index contributed by atoms with van der Waals surface area (Å²) in [6, 6.07) is 13.5. The van der Waals surface area contributed by atoms with Crippen molar-refractivity contribution in [3.8, 4) is 22.9 Å². The molecule has 3 aromatic heterocycles. The van der Waals surface area contributed by atoms with Gasteiger partial charge in [0.05, 0.1) is 43.3 Å². The van der Waals surface area contributed by atoms with Gasteiger partial charge in [-0.2, -0.15) is 0 Å². The maximum Gasteiger partial charge on any atom is 0.258 e. The normalized spacial score (nSPS) is 16.9. The number of nitrogens with zero attached hydrogens (tertiary/aromatic N) is 3. The van der Waals surface area contributed by atoms with Crippen LogP contribution < -0.4 is 4.90 Å². The summed E-state index contributed by atoms with van der Waals surface area (Å²) in [5.41, 5.74) is 3.73. The minimum absolute atomic E-state index is 0.0659. The molecule has 1 aliphatic heterocycles. The standard InChI is InChI=1S/C22H20ClF2N5/c23-16-6-4-15(5-7-16)17-13-26-20(27-17)21-28-18(19-3-1-2-10-30(19)21)14-29-11-8-22(24,25)9-12-29/h1-7,10,13H,8-9,11-12,14H2,(H,26,27)/p+1. The maximum atomic E-state index is 13.5. The number of hydrogen-bond donors (Lipinski definition) is 2. The van der Waals surface area contributed by atoms with Crippen molar-refractivity contribution in [1.82, 2.24) is 19.4 Å². The molecule has 4 aromatic rings. The summed E-state index contributed by atoms with van der Waals surface area (Å²) < 4.78 is 29.0. The molecule has 0 aliphatic carbocycles. The van der Waals surface area contributed by atoms with Crippen molar-refractivity contribution in [2.75, 3.05) is 13.1 Å². The third-order valence-corrected chi connectivity index (χ3v) is 5.93. The second-order valence-electron chi connectivity index (χ2n) is 7.77. The first-order chi connectivity index (χ1) is 14.5. The lowest BCUT2D eigenvalue weighted by Crippen LogP contribution is -3.12. The van der Waals surface area contributed by atoms with Crippen molar-refractivity contribution in [2.24, 2.45) is 0 Å². The maximum absolute atomic E-state index is 13.5. The Morgan fingerprint density at radius 2 is 1.87 bits per heavy atom. The summed E-state index contributed by atoms with van der Waals surface area (Å²) in [7, 11) is 0. The topological polar surface area (TPSA) is 50.4 Å². The molecule has 0 unspecified atom stereocenters. The summed E-state index contributed by atoms with van der Waals surface area (Å²) in [5, 5.41) is 0.681. The Balaban J connectivity index is 1.46. The number of benzene rings is 1. The fourth-order valence-electron chi connectivity index (χ4n) is 3.99. The molecule has 4 heterocycles. The van der Waals surface area contributed by atoms with E-state index in [-0.39, 0.29) is 12.8 Å². The molecule has 0 atom stereocenters. The first-order valence-corrected chi connectivity index (χ1v) is 10.3. The molecule has 30 heavy (non-hydrogen) atoms. The highest BCUT2D eigenvalue weighted by Crippen LogP contribution is 2.26. The number of H-pyrrole nitrogens is 1. The molecule has 1 aromatic carbocycles. The smallest absolute Gasteiger partial charge is 0.258 e. The van der Waals surface area contributed by atoms with E-state index in [9.17, 15) is 8.78 Å². The second kappa shape index (κ2) is 7.49. The highest BCUT2D eigenvalue weighted by molar-refractivity contribution is 6.30. The zero-order valence-corrected chi connectivity index (χ0v) is 17.0. The van der Waals surface area contributed by atoms with Crippen LogP contribution in [-0.2, 0) is 6.54 Å². The fourth-order valence-corrected chi connectivity index (χ4v) is 4.12. The van der Waals surface area contributed by atoms with Crippen LogP contribution in [0.25, 0.3) is 28.4 Å². The average molecular weight is 429 g/mol. The van der Waals surface area contributed by atoms with Gasteiger partial charge in [0.25, 0.3) is 5.92 Å². The van der Waals surface area contributed by atoms with Crippen molar-refractivity contribution in [3.05, 3.63) is 65.6 Å². The quantitative estimate of drug-likeness (QED) is 0.518. The molecule has 0 spiro atoms. The van der Waals surface area contributed by atoms with Crippen molar-refractivity contribution in [2.45, 2.75) is 25.3 Å². The van der Waals surface area contributed by atoms with Crippen molar-refractivity contribution in [3.63, 3.8) is 0 Å². The number of piperidine rings is 1. The van der Waals surface area contributed by atoms with E-state index in [0.717, 1.165) is 27.4 Å². The van der Waals surface area contributed by atoms with E-state index in [0.29, 0.717) is 36.3 Å². The molecule has 8 heteroatoms. The number of hydrogen-bond acceptors (Lipinski definition) is 2. The fraction of sp³-hybridized carbons (Fsp3) is 0.273. The lowest BCUT2D eigenvalue weighted by atomic mass is 10.1. The van der Waals surface area contributed by atoms with Gasteiger partial charge in [-0.25, -0.2) is 18.7 Å². The molecular formula is C22H21ClF2N5+. The van der Waals surface area contributed by atoms with Crippen LogP contribution in [0.2, 0.25) is 5.02 Å². The monoisotopic (exact) mass is 428 g/mol. The van der Waals surface area contributed by atoms with Crippen molar-refractivity contribution in [1.29, 1.82) is 0 Å². The van der Waals surface area contributed by atoms with Gasteiger partial charge in [-0.3, -0.25) is 4.40 Å². The molecule has 5 nitrogen and oxygen atoms in total. The molecule has 0 amide bonds. The zero-order chi connectivity index (χ0) is 20.7. The van der Waals surface area contributed by atoms with Crippen molar-refractivity contribution >= 4 is 17.1 Å². The van der Waals surface area contributed by atoms with Crippen molar-refractivity contribution < 1.29 is 13.7 Å². The van der Waals surface area contributed by atoms with Gasteiger partial charge >= 0.3 is 0 Å². The number of pyridine rings is 1. The molecule has 0 radical (unpaired) electrons. The molecule has 1 fully saturated rings.